The SMILES string of the molecule is O=C(O)c1nnn(Cc2ccc(F)cc2Cl)c1-c1cccnc1. The maximum atomic E-state index is 13.1. The van der Waals surface area contributed by atoms with Gasteiger partial charge >= 0.3 is 5.97 Å². The molecule has 0 saturated carbocycles. The minimum absolute atomic E-state index is 0.156. The molecule has 3 rings (SSSR count). The van der Waals surface area contributed by atoms with Crippen LogP contribution in [0.2, 0.25) is 5.02 Å². The Labute approximate surface area is 135 Å². The van der Waals surface area contributed by atoms with E-state index in [-0.39, 0.29) is 17.3 Å². The van der Waals surface area contributed by atoms with Crippen LogP contribution in [0, 0.1) is 5.82 Å². The first-order valence-corrected chi connectivity index (χ1v) is 6.95. The van der Waals surface area contributed by atoms with Crippen molar-refractivity contribution >= 4 is 17.6 Å². The van der Waals surface area contributed by atoms with Gasteiger partial charge in [0.1, 0.15) is 11.5 Å². The number of nitrogens with zero attached hydrogens (tertiary/aromatic N) is 4. The predicted octanol–water partition coefficient (Wildman–Crippen LogP) is 2.88. The smallest absolute Gasteiger partial charge is 0.358 e. The van der Waals surface area contributed by atoms with Crippen molar-refractivity contribution < 1.29 is 14.3 Å². The number of hydrogen-bond donors (Lipinski definition) is 1. The van der Waals surface area contributed by atoms with Gasteiger partial charge in [0, 0.05) is 23.0 Å². The van der Waals surface area contributed by atoms with Crippen LogP contribution in [0.25, 0.3) is 11.3 Å². The number of pyridine rings is 1. The van der Waals surface area contributed by atoms with Crippen LogP contribution in [-0.2, 0) is 6.54 Å². The van der Waals surface area contributed by atoms with Crippen LogP contribution < -0.4 is 0 Å². The van der Waals surface area contributed by atoms with E-state index in [0.29, 0.717) is 16.8 Å². The summed E-state index contributed by atoms with van der Waals surface area (Å²) in [6.07, 6.45) is 3.10. The molecule has 3 aromatic rings. The highest BCUT2D eigenvalue weighted by molar-refractivity contribution is 6.31. The number of rotatable bonds is 4. The molecule has 0 bridgehead atoms. The molecule has 116 valence electrons. The Kier molecular flexibility index (Phi) is 4.03. The third kappa shape index (κ3) is 3.04. The lowest BCUT2D eigenvalue weighted by Crippen LogP contribution is -2.07. The molecule has 0 aliphatic rings. The van der Waals surface area contributed by atoms with Gasteiger partial charge < -0.3 is 5.11 Å². The molecule has 0 spiro atoms. The van der Waals surface area contributed by atoms with E-state index >= 15 is 0 Å². The predicted molar refractivity (Wildman–Crippen MR) is 80.7 cm³/mol. The molecule has 0 aliphatic heterocycles. The molecule has 23 heavy (non-hydrogen) atoms. The van der Waals surface area contributed by atoms with Gasteiger partial charge in [-0.1, -0.05) is 22.9 Å². The zero-order valence-corrected chi connectivity index (χ0v) is 12.4. The van der Waals surface area contributed by atoms with Crippen LogP contribution in [0.4, 0.5) is 4.39 Å². The van der Waals surface area contributed by atoms with Crippen molar-refractivity contribution in [2.75, 3.05) is 0 Å². The lowest BCUT2D eigenvalue weighted by Gasteiger charge is -2.08. The first-order valence-electron chi connectivity index (χ1n) is 6.57. The fourth-order valence-corrected chi connectivity index (χ4v) is 2.39. The van der Waals surface area contributed by atoms with Gasteiger partial charge in [-0.15, -0.1) is 5.10 Å². The molecule has 6 nitrogen and oxygen atoms in total. The van der Waals surface area contributed by atoms with Crippen LogP contribution in [-0.4, -0.2) is 31.1 Å². The minimum Gasteiger partial charge on any atom is -0.476 e. The van der Waals surface area contributed by atoms with E-state index in [2.05, 4.69) is 15.3 Å². The monoisotopic (exact) mass is 332 g/mol. The van der Waals surface area contributed by atoms with Crippen molar-refractivity contribution in [3.05, 3.63) is 64.8 Å². The summed E-state index contributed by atoms with van der Waals surface area (Å²) < 4.78 is 14.5. The van der Waals surface area contributed by atoms with Crippen LogP contribution in [0.5, 0.6) is 0 Å². The van der Waals surface area contributed by atoms with Crippen molar-refractivity contribution in [2.24, 2.45) is 0 Å². The van der Waals surface area contributed by atoms with Gasteiger partial charge in [0.2, 0.25) is 0 Å². The van der Waals surface area contributed by atoms with Crippen LogP contribution in [0.15, 0.2) is 42.7 Å². The molecule has 0 fully saturated rings. The lowest BCUT2D eigenvalue weighted by molar-refractivity contribution is 0.0691. The van der Waals surface area contributed by atoms with E-state index in [4.69, 9.17) is 11.6 Å². The lowest BCUT2D eigenvalue weighted by atomic mass is 10.1. The molecule has 0 saturated heterocycles. The number of halogens is 2. The Hall–Kier alpha value is -2.80. The van der Waals surface area contributed by atoms with Crippen molar-refractivity contribution in [3.8, 4) is 11.3 Å². The number of benzene rings is 1. The zero-order valence-electron chi connectivity index (χ0n) is 11.6. The molecule has 0 unspecified atom stereocenters. The minimum atomic E-state index is -1.19. The van der Waals surface area contributed by atoms with Gasteiger partial charge in [-0.05, 0) is 29.8 Å². The second-order valence-corrected chi connectivity index (χ2v) is 5.13. The molecule has 1 aromatic carbocycles. The van der Waals surface area contributed by atoms with E-state index in [1.165, 1.54) is 29.1 Å². The molecule has 1 N–H and O–H groups in total. The van der Waals surface area contributed by atoms with Gasteiger partial charge in [0.05, 0.1) is 6.54 Å². The van der Waals surface area contributed by atoms with Crippen LogP contribution in [0.3, 0.4) is 0 Å². The van der Waals surface area contributed by atoms with Gasteiger partial charge in [0.25, 0.3) is 0 Å². The quantitative estimate of drug-likeness (QED) is 0.794. The topological polar surface area (TPSA) is 80.9 Å². The fraction of sp³-hybridized carbons (Fsp3) is 0.0667. The van der Waals surface area contributed by atoms with Gasteiger partial charge in [0.15, 0.2) is 5.69 Å². The average Bonchev–Trinajstić information content (AvgIpc) is 2.95. The summed E-state index contributed by atoms with van der Waals surface area (Å²) in [4.78, 5) is 15.3. The van der Waals surface area contributed by atoms with Crippen molar-refractivity contribution in [1.29, 1.82) is 0 Å². The summed E-state index contributed by atoms with van der Waals surface area (Å²) >= 11 is 6.02. The van der Waals surface area contributed by atoms with E-state index in [0.717, 1.165) is 0 Å². The Morgan fingerprint density at radius 1 is 1.35 bits per heavy atom. The van der Waals surface area contributed by atoms with Crippen molar-refractivity contribution in [2.45, 2.75) is 6.54 Å². The first kappa shape index (κ1) is 15.1. The average molecular weight is 333 g/mol. The van der Waals surface area contributed by atoms with Crippen molar-refractivity contribution in [3.63, 3.8) is 0 Å². The number of carbonyl (C=O) groups is 1. The molecule has 2 aromatic heterocycles. The molecule has 0 aliphatic carbocycles. The van der Waals surface area contributed by atoms with Crippen LogP contribution >= 0.6 is 11.6 Å². The number of hydrogen-bond acceptors (Lipinski definition) is 4. The van der Waals surface area contributed by atoms with Gasteiger partial charge in [-0.2, -0.15) is 0 Å². The third-order valence-corrected chi connectivity index (χ3v) is 3.56. The fourth-order valence-electron chi connectivity index (χ4n) is 2.17. The Morgan fingerprint density at radius 2 is 2.17 bits per heavy atom. The standard InChI is InChI=1S/C15H10ClFN4O2/c16-12-6-11(17)4-3-10(12)8-21-14(9-2-1-5-18-7-9)13(15(22)23)19-20-21/h1-7H,8H2,(H,22,23). The van der Waals surface area contributed by atoms with E-state index in [1.54, 1.807) is 18.3 Å². The first-order chi connectivity index (χ1) is 11.1. The molecule has 0 amide bonds. The summed E-state index contributed by atoms with van der Waals surface area (Å²) in [5.74, 6) is -1.64. The summed E-state index contributed by atoms with van der Waals surface area (Å²) in [7, 11) is 0. The third-order valence-electron chi connectivity index (χ3n) is 3.21. The van der Waals surface area contributed by atoms with Gasteiger partial charge in [-0.25, -0.2) is 13.9 Å². The number of aromatic carboxylic acids is 1. The summed E-state index contributed by atoms with van der Waals surface area (Å²) in [5.41, 5.74) is 1.29. The van der Waals surface area contributed by atoms with E-state index in [9.17, 15) is 14.3 Å². The van der Waals surface area contributed by atoms with E-state index < -0.39 is 11.8 Å². The molecule has 2 heterocycles. The molecule has 8 heteroatoms. The maximum absolute atomic E-state index is 13.1. The van der Waals surface area contributed by atoms with Gasteiger partial charge in [-0.3, -0.25) is 4.98 Å². The highest BCUT2D eigenvalue weighted by atomic mass is 35.5. The highest BCUT2D eigenvalue weighted by Gasteiger charge is 2.21. The van der Waals surface area contributed by atoms with E-state index in [1.807, 2.05) is 0 Å². The Bertz CT molecular complexity index is 867. The molecule has 0 radical (unpaired) electrons. The van der Waals surface area contributed by atoms with Crippen molar-refractivity contribution in [1.82, 2.24) is 20.0 Å². The highest BCUT2D eigenvalue weighted by Crippen LogP contribution is 2.24. The number of aromatic nitrogens is 4. The Balaban J connectivity index is 2.08. The largest absolute Gasteiger partial charge is 0.476 e. The summed E-state index contributed by atoms with van der Waals surface area (Å²) in [6, 6.07) is 7.38. The zero-order chi connectivity index (χ0) is 16.4. The normalized spacial score (nSPS) is 10.7. The second-order valence-electron chi connectivity index (χ2n) is 4.73. The Morgan fingerprint density at radius 3 is 2.83 bits per heavy atom. The summed E-state index contributed by atoms with van der Waals surface area (Å²) in [6.45, 7) is 0.156. The molecule has 0 atom stereocenters. The summed E-state index contributed by atoms with van der Waals surface area (Å²) in [5, 5.41) is 17.1. The maximum Gasteiger partial charge on any atom is 0.358 e. The number of carboxylic acids is 1. The number of carboxylic acid groups (broad SMARTS) is 1. The second kappa shape index (κ2) is 6.13. The molecular formula is C15H10ClFN4O2. The molecular weight excluding hydrogens is 323 g/mol. The van der Waals surface area contributed by atoms with Crippen LogP contribution in [0.1, 0.15) is 16.1 Å².